The molecule has 1 aromatic carbocycles. The smallest absolute Gasteiger partial charge is 0.308 e. The van der Waals surface area contributed by atoms with Gasteiger partial charge in [0.2, 0.25) is 5.91 Å². The molecule has 1 aliphatic rings. The second-order valence-electron chi connectivity index (χ2n) is 5.29. The van der Waals surface area contributed by atoms with Crippen LogP contribution in [0.4, 0.5) is 5.69 Å². The standard InChI is InChI=1S/C16H21NO4/c1-2-3-4-9-21-14-7-5-13(6-8-14)17-11-12(16(19)20)10-15(17)18/h5-8,12H,2-4,9-11H2,1H3,(H,19,20)/t12-/m1/s1. The van der Waals surface area contributed by atoms with Crippen molar-refractivity contribution in [3.8, 4) is 5.75 Å². The SMILES string of the molecule is CCCCCOc1ccc(N2C[C@H](C(=O)O)CC2=O)cc1. The van der Waals surface area contributed by atoms with Gasteiger partial charge in [-0.25, -0.2) is 0 Å². The van der Waals surface area contributed by atoms with Crippen LogP contribution in [-0.4, -0.2) is 30.1 Å². The van der Waals surface area contributed by atoms with Gasteiger partial charge in [-0.3, -0.25) is 9.59 Å². The lowest BCUT2D eigenvalue weighted by molar-refractivity contribution is -0.141. The van der Waals surface area contributed by atoms with Gasteiger partial charge in [-0.05, 0) is 30.7 Å². The van der Waals surface area contributed by atoms with Crippen LogP contribution in [0.1, 0.15) is 32.6 Å². The Hall–Kier alpha value is -2.04. The summed E-state index contributed by atoms with van der Waals surface area (Å²) in [6.07, 6.45) is 3.41. The Kier molecular flexibility index (Phi) is 5.20. The summed E-state index contributed by atoms with van der Waals surface area (Å²) in [6.45, 7) is 3.08. The number of carboxylic acids is 1. The first-order valence-electron chi connectivity index (χ1n) is 7.38. The number of benzene rings is 1. The number of carbonyl (C=O) groups excluding carboxylic acids is 1. The van der Waals surface area contributed by atoms with E-state index in [0.717, 1.165) is 30.7 Å². The van der Waals surface area contributed by atoms with E-state index in [2.05, 4.69) is 6.92 Å². The summed E-state index contributed by atoms with van der Waals surface area (Å²) < 4.78 is 5.61. The highest BCUT2D eigenvalue weighted by Gasteiger charge is 2.34. The summed E-state index contributed by atoms with van der Waals surface area (Å²) in [6, 6.07) is 7.25. The third-order valence-electron chi connectivity index (χ3n) is 3.64. The number of aliphatic carboxylic acids is 1. The predicted molar refractivity (Wildman–Crippen MR) is 79.6 cm³/mol. The minimum atomic E-state index is -0.915. The maximum atomic E-state index is 11.8. The molecule has 114 valence electrons. The van der Waals surface area contributed by atoms with Crippen LogP contribution < -0.4 is 9.64 Å². The second kappa shape index (κ2) is 7.11. The van der Waals surface area contributed by atoms with Gasteiger partial charge in [-0.2, -0.15) is 0 Å². The first-order valence-corrected chi connectivity index (χ1v) is 7.38. The molecule has 1 heterocycles. The zero-order chi connectivity index (χ0) is 15.2. The lowest BCUT2D eigenvalue weighted by Gasteiger charge is -2.16. The van der Waals surface area contributed by atoms with Gasteiger partial charge in [-0.1, -0.05) is 19.8 Å². The molecule has 1 amide bonds. The number of hydrogen-bond acceptors (Lipinski definition) is 3. The van der Waals surface area contributed by atoms with E-state index in [4.69, 9.17) is 9.84 Å². The zero-order valence-electron chi connectivity index (χ0n) is 12.2. The largest absolute Gasteiger partial charge is 0.494 e. The van der Waals surface area contributed by atoms with Crippen molar-refractivity contribution in [1.82, 2.24) is 0 Å². The van der Waals surface area contributed by atoms with Crippen LogP contribution >= 0.6 is 0 Å². The maximum Gasteiger partial charge on any atom is 0.308 e. The Labute approximate surface area is 124 Å². The fraction of sp³-hybridized carbons (Fsp3) is 0.500. The molecule has 1 saturated heterocycles. The van der Waals surface area contributed by atoms with Gasteiger partial charge < -0.3 is 14.7 Å². The van der Waals surface area contributed by atoms with E-state index >= 15 is 0 Å². The molecule has 1 aromatic rings. The minimum absolute atomic E-state index is 0.0740. The van der Waals surface area contributed by atoms with Crippen molar-refractivity contribution in [3.63, 3.8) is 0 Å². The maximum absolute atomic E-state index is 11.8. The summed E-state index contributed by atoms with van der Waals surface area (Å²) in [7, 11) is 0. The van der Waals surface area contributed by atoms with E-state index < -0.39 is 11.9 Å². The van der Waals surface area contributed by atoms with Crippen molar-refractivity contribution in [2.45, 2.75) is 32.6 Å². The van der Waals surface area contributed by atoms with E-state index in [-0.39, 0.29) is 18.9 Å². The molecule has 21 heavy (non-hydrogen) atoms. The van der Waals surface area contributed by atoms with Gasteiger partial charge in [0.25, 0.3) is 0 Å². The molecule has 1 N–H and O–H groups in total. The Morgan fingerprint density at radius 2 is 2.05 bits per heavy atom. The first kappa shape index (κ1) is 15.4. The molecule has 0 saturated carbocycles. The summed E-state index contributed by atoms with van der Waals surface area (Å²) in [5.74, 6) is -0.889. The van der Waals surface area contributed by atoms with E-state index in [1.165, 1.54) is 4.90 Å². The van der Waals surface area contributed by atoms with Crippen LogP contribution in [0.5, 0.6) is 5.75 Å². The third kappa shape index (κ3) is 3.97. The number of hydrogen-bond donors (Lipinski definition) is 1. The summed E-state index contributed by atoms with van der Waals surface area (Å²) >= 11 is 0. The Morgan fingerprint density at radius 3 is 2.62 bits per heavy atom. The monoisotopic (exact) mass is 291 g/mol. The normalized spacial score (nSPS) is 18.0. The van der Waals surface area contributed by atoms with Crippen LogP contribution in [-0.2, 0) is 9.59 Å². The zero-order valence-corrected chi connectivity index (χ0v) is 12.2. The summed E-state index contributed by atoms with van der Waals surface area (Å²) in [4.78, 5) is 24.3. The Bertz CT molecular complexity index is 498. The highest BCUT2D eigenvalue weighted by molar-refractivity contribution is 5.99. The Balaban J connectivity index is 1.93. The fourth-order valence-electron chi connectivity index (χ4n) is 2.39. The quantitative estimate of drug-likeness (QED) is 0.784. The number of unbranched alkanes of at least 4 members (excludes halogenated alkanes) is 2. The van der Waals surface area contributed by atoms with Crippen molar-refractivity contribution in [2.24, 2.45) is 5.92 Å². The molecule has 0 radical (unpaired) electrons. The van der Waals surface area contributed by atoms with Crippen LogP contribution in [0.2, 0.25) is 0 Å². The molecule has 5 heteroatoms. The summed E-state index contributed by atoms with van der Waals surface area (Å²) in [5, 5.41) is 8.98. The lowest BCUT2D eigenvalue weighted by Crippen LogP contribution is -2.25. The molecule has 0 unspecified atom stereocenters. The molecule has 1 fully saturated rings. The van der Waals surface area contributed by atoms with Crippen molar-refractivity contribution in [3.05, 3.63) is 24.3 Å². The van der Waals surface area contributed by atoms with Gasteiger partial charge in [0.15, 0.2) is 0 Å². The fourth-order valence-corrected chi connectivity index (χ4v) is 2.39. The van der Waals surface area contributed by atoms with Gasteiger partial charge in [0.05, 0.1) is 12.5 Å². The average Bonchev–Trinajstić information content (AvgIpc) is 2.87. The molecule has 0 spiro atoms. The van der Waals surface area contributed by atoms with Crippen molar-refractivity contribution < 1.29 is 19.4 Å². The van der Waals surface area contributed by atoms with Crippen molar-refractivity contribution >= 4 is 17.6 Å². The van der Waals surface area contributed by atoms with E-state index in [0.29, 0.717) is 6.61 Å². The molecule has 2 rings (SSSR count). The molecule has 0 aliphatic carbocycles. The summed E-state index contributed by atoms with van der Waals surface area (Å²) in [5.41, 5.74) is 0.727. The van der Waals surface area contributed by atoms with Gasteiger partial charge >= 0.3 is 5.97 Å². The number of rotatable bonds is 7. The van der Waals surface area contributed by atoms with Crippen molar-refractivity contribution in [2.75, 3.05) is 18.1 Å². The number of ether oxygens (including phenoxy) is 1. The van der Waals surface area contributed by atoms with Crippen LogP contribution in [0.25, 0.3) is 0 Å². The number of carbonyl (C=O) groups is 2. The van der Waals surface area contributed by atoms with Crippen molar-refractivity contribution in [1.29, 1.82) is 0 Å². The number of carboxylic acid groups (broad SMARTS) is 1. The molecule has 0 bridgehead atoms. The van der Waals surface area contributed by atoms with Crippen LogP contribution in [0.3, 0.4) is 0 Å². The number of nitrogens with zero attached hydrogens (tertiary/aromatic N) is 1. The van der Waals surface area contributed by atoms with Crippen LogP contribution in [0.15, 0.2) is 24.3 Å². The predicted octanol–water partition coefficient (Wildman–Crippen LogP) is 2.69. The molecular weight excluding hydrogens is 270 g/mol. The topological polar surface area (TPSA) is 66.8 Å². The minimum Gasteiger partial charge on any atom is -0.494 e. The highest BCUT2D eigenvalue weighted by atomic mass is 16.5. The number of amides is 1. The number of anilines is 1. The lowest BCUT2D eigenvalue weighted by atomic mass is 10.1. The van der Waals surface area contributed by atoms with E-state index in [1.807, 2.05) is 12.1 Å². The van der Waals surface area contributed by atoms with E-state index in [1.54, 1.807) is 12.1 Å². The van der Waals surface area contributed by atoms with Gasteiger partial charge in [-0.15, -0.1) is 0 Å². The molecule has 5 nitrogen and oxygen atoms in total. The van der Waals surface area contributed by atoms with E-state index in [9.17, 15) is 9.59 Å². The highest BCUT2D eigenvalue weighted by Crippen LogP contribution is 2.27. The second-order valence-corrected chi connectivity index (χ2v) is 5.29. The van der Waals surface area contributed by atoms with Gasteiger partial charge in [0.1, 0.15) is 5.75 Å². The first-order chi connectivity index (χ1) is 10.1. The van der Waals surface area contributed by atoms with Gasteiger partial charge in [0, 0.05) is 18.7 Å². The van der Waals surface area contributed by atoms with Crippen LogP contribution in [0, 0.1) is 5.92 Å². The third-order valence-corrected chi connectivity index (χ3v) is 3.64. The average molecular weight is 291 g/mol. The Morgan fingerprint density at radius 1 is 1.33 bits per heavy atom. The molecule has 1 aliphatic heterocycles. The molecule has 0 aromatic heterocycles. The molecule has 1 atom stereocenters. The molecular formula is C16H21NO4.